The Bertz CT molecular complexity index is 33.0. The Morgan fingerprint density at radius 1 is 1.50 bits per heavy atom. The molecular weight excluding hydrogens is 160 g/mol. The highest BCUT2D eigenvalue weighted by Crippen LogP contribution is 1.90. The summed E-state index contributed by atoms with van der Waals surface area (Å²) >= 11 is 0. The molecule has 0 aliphatic carbocycles. The Morgan fingerprint density at radius 3 is 2.75 bits per heavy atom. The fraction of sp³-hybridized carbons (Fsp3) is 1.00. The van der Waals surface area contributed by atoms with Crippen molar-refractivity contribution in [1.29, 1.82) is 0 Å². The quantitative estimate of drug-likeness (QED) is 0.332. The molecule has 0 radical (unpaired) electrons. The number of rotatable bonds is 5. The average molecular weight is 179 g/mol. The molecular formula is C4H18Si4. The van der Waals surface area contributed by atoms with E-state index in [0.29, 0.717) is 9.04 Å². The van der Waals surface area contributed by atoms with E-state index in [1.54, 1.807) is 22.2 Å². The molecule has 0 aliphatic heterocycles. The fourth-order valence-corrected chi connectivity index (χ4v) is 27.4. The molecule has 0 unspecified atom stereocenters. The molecule has 0 aromatic carbocycles. The predicted molar refractivity (Wildman–Crippen MR) is 55.3 cm³/mol. The predicted octanol–water partition coefficient (Wildman–Crippen LogP) is -2.18. The Morgan fingerprint density at radius 2 is 2.25 bits per heavy atom. The van der Waals surface area contributed by atoms with Gasteiger partial charge >= 0.3 is 0 Å². The van der Waals surface area contributed by atoms with Gasteiger partial charge in [0.1, 0.15) is 0 Å². The van der Waals surface area contributed by atoms with Crippen LogP contribution in [0.5, 0.6) is 0 Å². The lowest BCUT2D eigenvalue weighted by Crippen LogP contribution is -2.11. The lowest BCUT2D eigenvalue weighted by atomic mass is 10.4. The molecule has 0 N–H and O–H groups in total. The minimum Gasteiger partial charge on any atom is -0.0655 e. The number of hydrogen-bond acceptors (Lipinski definition) is 0. The van der Waals surface area contributed by atoms with Crippen LogP contribution in [0.25, 0.3) is 0 Å². The van der Waals surface area contributed by atoms with Gasteiger partial charge in [0.25, 0.3) is 0 Å². The van der Waals surface area contributed by atoms with Crippen LogP contribution in [-0.4, -0.2) is 35.9 Å². The first-order chi connectivity index (χ1) is 3.91. The zero-order valence-electron chi connectivity index (χ0n) is 6.24. The molecule has 50 valence electrons. The Labute approximate surface area is 62.1 Å². The van der Waals surface area contributed by atoms with Crippen molar-refractivity contribution in [3.63, 3.8) is 0 Å². The van der Waals surface area contributed by atoms with Crippen molar-refractivity contribution in [2.24, 2.45) is 0 Å². The van der Waals surface area contributed by atoms with Crippen LogP contribution in [-0.2, 0) is 0 Å². The summed E-state index contributed by atoms with van der Waals surface area (Å²) in [5.41, 5.74) is 0. The topological polar surface area (TPSA) is 0 Å². The second-order valence-electron chi connectivity index (χ2n) is 2.41. The van der Waals surface area contributed by atoms with E-state index < -0.39 is 0 Å². The van der Waals surface area contributed by atoms with E-state index in [0.717, 1.165) is 17.1 Å². The van der Waals surface area contributed by atoms with Crippen molar-refractivity contribution >= 4 is 35.9 Å². The lowest BCUT2D eigenvalue weighted by molar-refractivity contribution is 0.882. The maximum atomic E-state index is 2.31. The summed E-state index contributed by atoms with van der Waals surface area (Å²) < 4.78 is 0. The third kappa shape index (κ3) is 6.87. The van der Waals surface area contributed by atoms with E-state index in [1.807, 2.05) is 0 Å². The van der Waals surface area contributed by atoms with Gasteiger partial charge in [-0.2, -0.15) is 0 Å². The molecule has 4 heteroatoms. The maximum Gasteiger partial charge on any atom is 0.00464 e. The number of hydrogen-bond donors (Lipinski definition) is 0. The summed E-state index contributed by atoms with van der Waals surface area (Å²) in [6.07, 6.45) is 3.01. The van der Waals surface area contributed by atoms with E-state index in [9.17, 15) is 0 Å². The van der Waals surface area contributed by atoms with Gasteiger partial charge in [-0.25, -0.2) is 0 Å². The van der Waals surface area contributed by atoms with E-state index in [1.165, 1.54) is 6.42 Å². The van der Waals surface area contributed by atoms with Gasteiger partial charge in [-0.3, -0.25) is 0 Å². The maximum absolute atomic E-state index is 2.31. The highest BCUT2D eigenvalue weighted by atomic mass is 29.7. The molecule has 0 amide bonds. The Kier molecular flexibility index (Phi) is 8.72. The van der Waals surface area contributed by atoms with Gasteiger partial charge in [0.15, 0.2) is 0 Å². The fourth-order valence-electron chi connectivity index (χ4n) is 0.854. The average Bonchev–Trinajstić information content (AvgIpc) is 1.81. The second kappa shape index (κ2) is 7.87. The first kappa shape index (κ1) is 8.87. The molecule has 0 rings (SSSR count). The van der Waals surface area contributed by atoms with Crippen LogP contribution in [0.4, 0.5) is 0 Å². The van der Waals surface area contributed by atoms with Crippen LogP contribution in [0.3, 0.4) is 0 Å². The molecule has 0 saturated carbocycles. The minimum absolute atomic E-state index is 0.636. The van der Waals surface area contributed by atoms with E-state index in [2.05, 4.69) is 6.92 Å². The third-order valence-corrected chi connectivity index (χ3v) is 38.7. The highest BCUT2D eigenvalue weighted by molar-refractivity contribution is 7.41. The van der Waals surface area contributed by atoms with Crippen molar-refractivity contribution in [3.8, 4) is 0 Å². The monoisotopic (exact) mass is 178 g/mol. The zero-order chi connectivity index (χ0) is 6.24. The van der Waals surface area contributed by atoms with Crippen LogP contribution in [0.15, 0.2) is 0 Å². The second-order valence-corrected chi connectivity index (χ2v) is 28.1. The molecule has 0 aliphatic rings. The molecule has 0 fully saturated rings. The van der Waals surface area contributed by atoms with Gasteiger partial charge in [-0.15, -0.1) is 0 Å². The normalized spacial score (nSPS) is 14.6. The SMILES string of the molecule is CCCC[SiH2][SiH2][SiH2][SiH3]. The standard InChI is InChI=1S/C4H18Si4/c1-2-3-4-6-8-7-5/h2-4,6-8H2,1,5H3. The largest absolute Gasteiger partial charge is 0.0655 e. The van der Waals surface area contributed by atoms with Crippen molar-refractivity contribution in [1.82, 2.24) is 0 Å². The van der Waals surface area contributed by atoms with Crippen LogP contribution in [0, 0.1) is 0 Å². The summed E-state index contributed by atoms with van der Waals surface area (Å²) in [7, 11) is 3.74. The van der Waals surface area contributed by atoms with E-state index in [-0.39, 0.29) is 0 Å². The summed E-state index contributed by atoms with van der Waals surface area (Å²) in [5.74, 6) is 0. The molecule has 0 nitrogen and oxygen atoms in total. The van der Waals surface area contributed by atoms with Gasteiger partial charge in [-0.05, 0) is 26.9 Å². The first-order valence-corrected chi connectivity index (χ1v) is 18.6. The Hall–Kier alpha value is 0.868. The molecule has 0 bridgehead atoms. The van der Waals surface area contributed by atoms with E-state index in [4.69, 9.17) is 0 Å². The van der Waals surface area contributed by atoms with Crippen molar-refractivity contribution in [2.75, 3.05) is 0 Å². The van der Waals surface area contributed by atoms with Gasteiger partial charge in [-0.1, -0.05) is 25.8 Å². The Balaban J connectivity index is 2.53. The highest BCUT2D eigenvalue weighted by Gasteiger charge is 1.85. The smallest absolute Gasteiger partial charge is 0.00464 e. The van der Waals surface area contributed by atoms with Crippen LogP contribution in [0.2, 0.25) is 6.04 Å². The van der Waals surface area contributed by atoms with Crippen molar-refractivity contribution in [2.45, 2.75) is 25.8 Å². The summed E-state index contributed by atoms with van der Waals surface area (Å²) in [6, 6.07) is 1.71. The molecule has 0 heterocycles. The molecule has 0 aromatic heterocycles. The van der Waals surface area contributed by atoms with Crippen LogP contribution in [0.1, 0.15) is 19.8 Å². The molecule has 0 aromatic rings. The van der Waals surface area contributed by atoms with Crippen molar-refractivity contribution in [3.05, 3.63) is 0 Å². The summed E-state index contributed by atoms with van der Waals surface area (Å²) in [5, 5.41) is 0. The molecule has 0 atom stereocenters. The van der Waals surface area contributed by atoms with E-state index >= 15 is 0 Å². The summed E-state index contributed by atoms with van der Waals surface area (Å²) in [6.45, 7) is 2.31. The van der Waals surface area contributed by atoms with Gasteiger partial charge in [0.2, 0.25) is 0 Å². The minimum atomic E-state index is 0.636. The van der Waals surface area contributed by atoms with Crippen LogP contribution >= 0.6 is 0 Å². The first-order valence-electron chi connectivity index (χ1n) is 3.91. The lowest BCUT2D eigenvalue weighted by Gasteiger charge is -1.91. The van der Waals surface area contributed by atoms with Crippen LogP contribution < -0.4 is 0 Å². The summed E-state index contributed by atoms with van der Waals surface area (Å²) in [4.78, 5) is 0. The number of unbranched alkanes of at least 4 members (excludes halogenated alkanes) is 1. The zero-order valence-corrected chi connectivity index (χ0v) is 12.5. The molecule has 0 spiro atoms. The molecule has 8 heavy (non-hydrogen) atoms. The van der Waals surface area contributed by atoms with Gasteiger partial charge in [0.05, 0.1) is 0 Å². The van der Waals surface area contributed by atoms with Crippen molar-refractivity contribution < 1.29 is 0 Å². The molecule has 0 saturated heterocycles. The van der Waals surface area contributed by atoms with Gasteiger partial charge < -0.3 is 0 Å². The van der Waals surface area contributed by atoms with Gasteiger partial charge in [0, 0.05) is 9.04 Å². The third-order valence-electron chi connectivity index (χ3n) is 1.46.